The SMILES string of the molecule is COc1ccc(CCN(C(C)=O)[C@@H]2CC(=O)N(c3ccc(Cl)cc3)C2=O)cc1. The van der Waals surface area contributed by atoms with Crippen LogP contribution in [0, 0.1) is 0 Å². The first-order valence-corrected chi connectivity index (χ1v) is 9.31. The number of hydrogen-bond acceptors (Lipinski definition) is 4. The van der Waals surface area contributed by atoms with Gasteiger partial charge in [0.05, 0.1) is 19.2 Å². The summed E-state index contributed by atoms with van der Waals surface area (Å²) in [4.78, 5) is 40.2. The molecule has 1 aliphatic rings. The Kier molecular flexibility index (Phi) is 5.99. The Balaban J connectivity index is 1.74. The molecule has 28 heavy (non-hydrogen) atoms. The van der Waals surface area contributed by atoms with Crippen LogP contribution < -0.4 is 9.64 Å². The van der Waals surface area contributed by atoms with Crippen molar-refractivity contribution in [1.29, 1.82) is 0 Å². The van der Waals surface area contributed by atoms with Crippen LogP contribution in [0.15, 0.2) is 48.5 Å². The van der Waals surface area contributed by atoms with Gasteiger partial charge in [0.1, 0.15) is 11.8 Å². The maximum atomic E-state index is 12.9. The summed E-state index contributed by atoms with van der Waals surface area (Å²) >= 11 is 5.88. The molecule has 1 saturated heterocycles. The molecule has 1 heterocycles. The molecule has 0 bridgehead atoms. The van der Waals surface area contributed by atoms with Crippen molar-refractivity contribution < 1.29 is 19.1 Å². The van der Waals surface area contributed by atoms with E-state index >= 15 is 0 Å². The van der Waals surface area contributed by atoms with Gasteiger partial charge in [-0.05, 0) is 48.4 Å². The van der Waals surface area contributed by atoms with Gasteiger partial charge in [-0.25, -0.2) is 4.90 Å². The Bertz CT molecular complexity index is 880. The van der Waals surface area contributed by atoms with Gasteiger partial charge in [0.2, 0.25) is 11.8 Å². The van der Waals surface area contributed by atoms with Gasteiger partial charge in [0.25, 0.3) is 5.91 Å². The second-order valence-electron chi connectivity index (χ2n) is 6.57. The highest BCUT2D eigenvalue weighted by molar-refractivity contribution is 6.30. The normalized spacial score (nSPS) is 16.4. The minimum atomic E-state index is -0.793. The Morgan fingerprint density at radius 2 is 1.79 bits per heavy atom. The van der Waals surface area contributed by atoms with Crippen molar-refractivity contribution in [3.05, 3.63) is 59.1 Å². The van der Waals surface area contributed by atoms with Gasteiger partial charge in [0, 0.05) is 18.5 Å². The number of carbonyl (C=O) groups excluding carboxylic acids is 3. The number of anilines is 1. The van der Waals surface area contributed by atoms with Crippen molar-refractivity contribution in [3.8, 4) is 5.75 Å². The molecule has 1 aliphatic heterocycles. The third-order valence-electron chi connectivity index (χ3n) is 4.79. The van der Waals surface area contributed by atoms with Crippen LogP contribution in [0.2, 0.25) is 5.02 Å². The summed E-state index contributed by atoms with van der Waals surface area (Å²) in [6.07, 6.45) is 0.548. The van der Waals surface area contributed by atoms with E-state index in [0.29, 0.717) is 23.7 Å². The second-order valence-corrected chi connectivity index (χ2v) is 7.01. The number of ether oxygens (including phenoxy) is 1. The molecular formula is C21H21ClN2O4. The first-order chi connectivity index (χ1) is 13.4. The van der Waals surface area contributed by atoms with Gasteiger partial charge in [0.15, 0.2) is 0 Å². The van der Waals surface area contributed by atoms with Gasteiger partial charge < -0.3 is 9.64 Å². The van der Waals surface area contributed by atoms with Crippen LogP contribution in [0.4, 0.5) is 5.69 Å². The number of halogens is 1. The van der Waals surface area contributed by atoms with Crippen LogP contribution >= 0.6 is 11.6 Å². The predicted octanol–water partition coefficient (Wildman–Crippen LogP) is 3.07. The fourth-order valence-corrected chi connectivity index (χ4v) is 3.42. The van der Waals surface area contributed by atoms with Crippen LogP contribution in [0.5, 0.6) is 5.75 Å². The first kappa shape index (κ1) is 19.9. The molecule has 1 fully saturated rings. The van der Waals surface area contributed by atoms with Crippen molar-refractivity contribution >= 4 is 35.0 Å². The lowest BCUT2D eigenvalue weighted by molar-refractivity contribution is -0.136. The maximum Gasteiger partial charge on any atom is 0.257 e. The fraction of sp³-hybridized carbons (Fsp3) is 0.286. The number of amides is 3. The van der Waals surface area contributed by atoms with Gasteiger partial charge in [-0.3, -0.25) is 14.4 Å². The summed E-state index contributed by atoms with van der Waals surface area (Å²) in [6.45, 7) is 1.76. The number of carbonyl (C=O) groups is 3. The number of methoxy groups -OCH3 is 1. The smallest absolute Gasteiger partial charge is 0.257 e. The molecule has 0 unspecified atom stereocenters. The van der Waals surface area contributed by atoms with Crippen LogP contribution in [-0.4, -0.2) is 42.3 Å². The highest BCUT2D eigenvalue weighted by Crippen LogP contribution is 2.27. The van der Waals surface area contributed by atoms with Crippen LogP contribution in [0.25, 0.3) is 0 Å². The number of benzene rings is 2. The van der Waals surface area contributed by atoms with E-state index in [9.17, 15) is 14.4 Å². The summed E-state index contributed by atoms with van der Waals surface area (Å²) in [6, 6.07) is 13.2. The van der Waals surface area contributed by atoms with E-state index in [1.54, 1.807) is 31.4 Å². The van der Waals surface area contributed by atoms with E-state index in [-0.39, 0.29) is 18.2 Å². The standard InChI is InChI=1S/C21H21ClN2O4/c1-14(25)23(12-11-15-3-9-18(28-2)10-4-15)19-13-20(26)24(21(19)27)17-7-5-16(22)6-8-17/h3-10,19H,11-13H2,1-2H3/t19-/m1/s1. The van der Waals surface area contributed by atoms with Crippen molar-refractivity contribution in [1.82, 2.24) is 4.90 Å². The van der Waals surface area contributed by atoms with Gasteiger partial charge >= 0.3 is 0 Å². The summed E-state index contributed by atoms with van der Waals surface area (Å²) in [5, 5.41) is 0.518. The average molecular weight is 401 g/mol. The lowest BCUT2D eigenvalue weighted by Crippen LogP contribution is -2.45. The van der Waals surface area contributed by atoms with Crippen molar-refractivity contribution in [3.63, 3.8) is 0 Å². The summed E-state index contributed by atoms with van der Waals surface area (Å²) in [5.41, 5.74) is 1.47. The highest BCUT2D eigenvalue weighted by Gasteiger charge is 2.43. The quantitative estimate of drug-likeness (QED) is 0.699. The molecule has 0 saturated carbocycles. The monoisotopic (exact) mass is 400 g/mol. The number of imide groups is 1. The van der Waals surface area contributed by atoms with E-state index in [2.05, 4.69) is 0 Å². The zero-order valence-electron chi connectivity index (χ0n) is 15.7. The molecular weight excluding hydrogens is 380 g/mol. The Morgan fingerprint density at radius 1 is 1.14 bits per heavy atom. The summed E-state index contributed by atoms with van der Waals surface area (Å²) < 4.78 is 5.14. The molecule has 0 N–H and O–H groups in total. The largest absolute Gasteiger partial charge is 0.497 e. The minimum Gasteiger partial charge on any atom is -0.497 e. The van der Waals surface area contributed by atoms with E-state index in [1.807, 2.05) is 24.3 Å². The summed E-state index contributed by atoms with van der Waals surface area (Å²) in [7, 11) is 1.60. The predicted molar refractivity (Wildman–Crippen MR) is 106 cm³/mol. The third kappa shape index (κ3) is 4.17. The molecule has 6 nitrogen and oxygen atoms in total. The Morgan fingerprint density at radius 3 is 2.36 bits per heavy atom. The molecule has 2 aromatic rings. The van der Waals surface area contributed by atoms with Crippen molar-refractivity contribution in [2.75, 3.05) is 18.6 Å². The van der Waals surface area contributed by atoms with Crippen LogP contribution in [-0.2, 0) is 20.8 Å². The number of nitrogens with zero attached hydrogens (tertiary/aromatic N) is 2. The molecule has 0 aromatic heterocycles. The lowest BCUT2D eigenvalue weighted by atomic mass is 10.1. The molecule has 3 amide bonds. The van der Waals surface area contributed by atoms with Gasteiger partial charge in [-0.1, -0.05) is 23.7 Å². The molecule has 0 radical (unpaired) electrons. The van der Waals surface area contributed by atoms with E-state index in [4.69, 9.17) is 16.3 Å². The van der Waals surface area contributed by atoms with Crippen LogP contribution in [0.3, 0.4) is 0 Å². The molecule has 2 aromatic carbocycles. The average Bonchev–Trinajstić information content (AvgIpc) is 2.97. The lowest BCUT2D eigenvalue weighted by Gasteiger charge is -2.26. The fourth-order valence-electron chi connectivity index (χ4n) is 3.30. The molecule has 7 heteroatoms. The highest BCUT2D eigenvalue weighted by atomic mass is 35.5. The Labute approximate surface area is 168 Å². The molecule has 146 valence electrons. The van der Waals surface area contributed by atoms with Crippen molar-refractivity contribution in [2.24, 2.45) is 0 Å². The minimum absolute atomic E-state index is 0.0242. The number of rotatable bonds is 6. The zero-order valence-corrected chi connectivity index (χ0v) is 16.5. The molecule has 1 atom stereocenters. The molecule has 3 rings (SSSR count). The van der Waals surface area contributed by atoms with E-state index in [1.165, 1.54) is 11.8 Å². The first-order valence-electron chi connectivity index (χ1n) is 8.93. The molecule has 0 spiro atoms. The van der Waals surface area contributed by atoms with Gasteiger partial charge in [-0.15, -0.1) is 0 Å². The second kappa shape index (κ2) is 8.44. The van der Waals surface area contributed by atoms with Crippen LogP contribution in [0.1, 0.15) is 18.9 Å². The maximum absolute atomic E-state index is 12.9. The zero-order chi connectivity index (χ0) is 20.3. The number of hydrogen-bond donors (Lipinski definition) is 0. The van der Waals surface area contributed by atoms with Gasteiger partial charge in [-0.2, -0.15) is 0 Å². The third-order valence-corrected chi connectivity index (χ3v) is 5.04. The van der Waals surface area contributed by atoms with E-state index < -0.39 is 11.9 Å². The van der Waals surface area contributed by atoms with Crippen molar-refractivity contribution in [2.45, 2.75) is 25.8 Å². The summed E-state index contributed by atoms with van der Waals surface area (Å²) in [5.74, 6) is -0.203. The van der Waals surface area contributed by atoms with E-state index in [0.717, 1.165) is 16.2 Å². The Hall–Kier alpha value is -2.86. The topological polar surface area (TPSA) is 66.9 Å². The molecule has 0 aliphatic carbocycles.